The monoisotopic (exact) mass is 425 g/mol. The fourth-order valence-corrected chi connectivity index (χ4v) is 3.85. The molecule has 0 spiro atoms. The van der Waals surface area contributed by atoms with E-state index in [0.29, 0.717) is 11.3 Å². The summed E-state index contributed by atoms with van der Waals surface area (Å²) in [6, 6.07) is 6.76. The zero-order valence-electron chi connectivity index (χ0n) is 18.6. The highest BCUT2D eigenvalue weighted by molar-refractivity contribution is 5.72. The Bertz CT molecular complexity index is 1020. The molecule has 0 fully saturated rings. The normalized spacial score (nSPS) is 23.3. The molecule has 0 saturated carbocycles. The molecule has 3 N–H and O–H groups in total. The molecule has 2 aromatic rings. The SMILES string of the molecule is CO[C@@H]1c2c(c(-c3ccc(O)cc3)c[nH]c2=O)O[C@@H](/C=C/C(C)=C/[C@H](C)[C@@H](C)O)[C@@H]1C. The van der Waals surface area contributed by atoms with Crippen molar-refractivity contribution in [1.82, 2.24) is 4.98 Å². The van der Waals surface area contributed by atoms with Crippen LogP contribution >= 0.6 is 0 Å². The summed E-state index contributed by atoms with van der Waals surface area (Å²) in [7, 11) is 1.60. The molecule has 0 unspecified atom stereocenters. The number of aliphatic hydroxyl groups excluding tert-OH is 1. The van der Waals surface area contributed by atoms with Gasteiger partial charge < -0.3 is 24.7 Å². The zero-order valence-corrected chi connectivity index (χ0v) is 18.6. The maximum absolute atomic E-state index is 12.7. The first kappa shape index (κ1) is 22.8. The first-order valence-corrected chi connectivity index (χ1v) is 10.5. The van der Waals surface area contributed by atoms with Gasteiger partial charge in [-0.2, -0.15) is 0 Å². The quantitative estimate of drug-likeness (QED) is 0.599. The van der Waals surface area contributed by atoms with E-state index in [-0.39, 0.29) is 29.2 Å². The average Bonchev–Trinajstić information content (AvgIpc) is 2.73. The van der Waals surface area contributed by atoms with Gasteiger partial charge >= 0.3 is 0 Å². The van der Waals surface area contributed by atoms with Gasteiger partial charge in [-0.3, -0.25) is 4.79 Å². The van der Waals surface area contributed by atoms with Crippen LogP contribution in [0.5, 0.6) is 11.5 Å². The number of aromatic nitrogens is 1. The van der Waals surface area contributed by atoms with Crippen molar-refractivity contribution >= 4 is 0 Å². The molecule has 0 aliphatic carbocycles. The average molecular weight is 426 g/mol. The standard InChI is InChI=1S/C25H31NO5/c1-14(12-15(2)17(4)27)6-11-21-16(3)23(30-5)22-24(31-21)20(13-26-25(22)29)18-7-9-19(28)10-8-18/h6-13,15-17,21,23,27-28H,1-5H3,(H,26,29)/b11-6+,14-12+/t15-,16-,17+,21-,23-/m0/s1. The Labute approximate surface area is 182 Å². The molecule has 1 aliphatic rings. The summed E-state index contributed by atoms with van der Waals surface area (Å²) in [5, 5.41) is 19.4. The molecule has 1 aromatic carbocycles. The van der Waals surface area contributed by atoms with E-state index in [9.17, 15) is 15.0 Å². The van der Waals surface area contributed by atoms with E-state index in [1.807, 2.05) is 39.0 Å². The Morgan fingerprint density at radius 1 is 1.26 bits per heavy atom. The fraction of sp³-hybridized carbons (Fsp3) is 0.400. The van der Waals surface area contributed by atoms with Crippen molar-refractivity contribution in [3.05, 3.63) is 70.2 Å². The van der Waals surface area contributed by atoms with Gasteiger partial charge in [0.2, 0.25) is 0 Å². The molecular formula is C25H31NO5. The third-order valence-corrected chi connectivity index (χ3v) is 5.88. The number of ether oxygens (including phenoxy) is 2. The minimum atomic E-state index is -0.431. The van der Waals surface area contributed by atoms with Gasteiger partial charge in [0, 0.05) is 30.7 Å². The lowest BCUT2D eigenvalue weighted by Gasteiger charge is -2.36. The van der Waals surface area contributed by atoms with E-state index < -0.39 is 12.2 Å². The molecule has 0 amide bonds. The third kappa shape index (κ3) is 4.92. The highest BCUT2D eigenvalue weighted by Crippen LogP contribution is 2.44. The molecule has 1 aromatic heterocycles. The molecule has 0 saturated heterocycles. The highest BCUT2D eigenvalue weighted by atomic mass is 16.5. The fourth-order valence-electron chi connectivity index (χ4n) is 3.85. The Morgan fingerprint density at radius 2 is 1.94 bits per heavy atom. The number of aliphatic hydroxyl groups is 1. The van der Waals surface area contributed by atoms with Crippen LogP contribution in [0, 0.1) is 11.8 Å². The van der Waals surface area contributed by atoms with Crippen molar-refractivity contribution < 1.29 is 19.7 Å². The van der Waals surface area contributed by atoms with Crippen molar-refractivity contribution in [1.29, 1.82) is 0 Å². The second kappa shape index (κ2) is 9.54. The predicted octanol–water partition coefficient (Wildman–Crippen LogP) is 4.35. The Kier molecular flexibility index (Phi) is 7.03. The molecule has 166 valence electrons. The number of hydrogen-bond donors (Lipinski definition) is 3. The molecule has 31 heavy (non-hydrogen) atoms. The number of rotatable bonds is 6. The smallest absolute Gasteiger partial charge is 0.257 e. The van der Waals surface area contributed by atoms with Gasteiger partial charge in [0.05, 0.1) is 17.8 Å². The van der Waals surface area contributed by atoms with Crippen molar-refractivity contribution in [2.75, 3.05) is 7.11 Å². The molecule has 6 heteroatoms. The van der Waals surface area contributed by atoms with Crippen molar-refractivity contribution in [3.8, 4) is 22.6 Å². The van der Waals surface area contributed by atoms with E-state index in [2.05, 4.69) is 4.98 Å². The number of methoxy groups -OCH3 is 1. The van der Waals surface area contributed by atoms with Gasteiger partial charge in [0.25, 0.3) is 5.56 Å². The molecule has 0 bridgehead atoms. The molecule has 3 rings (SSSR count). The number of H-pyrrole nitrogens is 1. The number of benzene rings is 1. The maximum atomic E-state index is 12.7. The number of fused-ring (bicyclic) bond motifs is 1. The molecule has 1 aliphatic heterocycles. The van der Waals surface area contributed by atoms with Crippen LogP contribution in [0.4, 0.5) is 0 Å². The second-order valence-electron chi connectivity index (χ2n) is 8.29. The Balaban J connectivity index is 2.01. The zero-order chi connectivity index (χ0) is 22.7. The molecular weight excluding hydrogens is 394 g/mol. The number of nitrogens with one attached hydrogen (secondary N) is 1. The summed E-state index contributed by atoms with van der Waals surface area (Å²) in [4.78, 5) is 15.5. The van der Waals surface area contributed by atoms with Crippen LogP contribution in [0.2, 0.25) is 0 Å². The second-order valence-corrected chi connectivity index (χ2v) is 8.29. The van der Waals surface area contributed by atoms with Crippen molar-refractivity contribution in [3.63, 3.8) is 0 Å². The highest BCUT2D eigenvalue weighted by Gasteiger charge is 2.38. The summed E-state index contributed by atoms with van der Waals surface area (Å²) in [6.07, 6.45) is 6.45. The summed E-state index contributed by atoms with van der Waals surface area (Å²) in [6.45, 7) is 7.72. The lowest BCUT2D eigenvalue weighted by molar-refractivity contribution is -0.00410. The largest absolute Gasteiger partial charge is 0.508 e. The Hall–Kier alpha value is -2.83. The van der Waals surface area contributed by atoms with Gasteiger partial charge in [0.15, 0.2) is 0 Å². The van der Waals surface area contributed by atoms with Crippen LogP contribution in [0.3, 0.4) is 0 Å². The number of aromatic hydroxyl groups is 1. The van der Waals surface area contributed by atoms with Gasteiger partial charge in [-0.25, -0.2) is 0 Å². The summed E-state index contributed by atoms with van der Waals surface area (Å²) in [5.74, 6) is 0.613. The Morgan fingerprint density at radius 3 is 2.55 bits per heavy atom. The third-order valence-electron chi connectivity index (χ3n) is 5.88. The summed E-state index contributed by atoms with van der Waals surface area (Å²) in [5.41, 5.74) is 2.81. The number of phenolic OH excluding ortho intramolecular Hbond substituents is 1. The molecule has 0 radical (unpaired) electrons. The van der Waals surface area contributed by atoms with Gasteiger partial charge in [-0.1, -0.05) is 43.7 Å². The van der Waals surface area contributed by atoms with Crippen LogP contribution in [-0.4, -0.2) is 34.5 Å². The molecule has 2 heterocycles. The molecule has 6 nitrogen and oxygen atoms in total. The lowest BCUT2D eigenvalue weighted by atomic mass is 9.87. The van der Waals surface area contributed by atoms with E-state index in [4.69, 9.17) is 9.47 Å². The van der Waals surface area contributed by atoms with Gasteiger partial charge in [-0.15, -0.1) is 0 Å². The first-order chi connectivity index (χ1) is 14.7. The van der Waals surface area contributed by atoms with Gasteiger partial charge in [-0.05, 0) is 37.6 Å². The summed E-state index contributed by atoms with van der Waals surface area (Å²) >= 11 is 0. The first-order valence-electron chi connectivity index (χ1n) is 10.5. The van der Waals surface area contributed by atoms with Crippen LogP contribution in [-0.2, 0) is 4.74 Å². The van der Waals surface area contributed by atoms with Crippen molar-refractivity contribution in [2.24, 2.45) is 11.8 Å². The number of hydrogen-bond acceptors (Lipinski definition) is 5. The predicted molar refractivity (Wildman–Crippen MR) is 121 cm³/mol. The van der Waals surface area contributed by atoms with Crippen LogP contribution < -0.4 is 10.3 Å². The lowest BCUT2D eigenvalue weighted by Crippen LogP contribution is -2.37. The van der Waals surface area contributed by atoms with E-state index in [1.54, 1.807) is 44.5 Å². The van der Waals surface area contributed by atoms with Crippen molar-refractivity contribution in [2.45, 2.75) is 46.0 Å². The van der Waals surface area contributed by atoms with E-state index in [0.717, 1.165) is 16.7 Å². The minimum absolute atomic E-state index is 0.0430. The number of phenols is 1. The molecule has 5 atom stereocenters. The number of aromatic amines is 1. The van der Waals surface area contributed by atoms with Crippen LogP contribution in [0.15, 0.2) is 59.1 Å². The summed E-state index contributed by atoms with van der Waals surface area (Å²) < 4.78 is 12.1. The number of allylic oxidation sites excluding steroid dienone is 2. The topological polar surface area (TPSA) is 91.8 Å². The van der Waals surface area contributed by atoms with Crippen LogP contribution in [0.25, 0.3) is 11.1 Å². The van der Waals surface area contributed by atoms with Crippen LogP contribution in [0.1, 0.15) is 39.4 Å². The van der Waals surface area contributed by atoms with E-state index in [1.165, 1.54) is 0 Å². The maximum Gasteiger partial charge on any atom is 0.257 e. The van der Waals surface area contributed by atoms with E-state index >= 15 is 0 Å². The number of pyridine rings is 1. The minimum Gasteiger partial charge on any atom is -0.508 e. The van der Waals surface area contributed by atoms with Gasteiger partial charge in [0.1, 0.15) is 17.6 Å².